The molecule has 0 radical (unpaired) electrons. The molecule has 0 atom stereocenters. The minimum Gasteiger partial charge on any atom is -0.335 e. The smallest absolute Gasteiger partial charge is 0.335 e. The van der Waals surface area contributed by atoms with Gasteiger partial charge in [0.25, 0.3) is 0 Å². The Morgan fingerprint density at radius 1 is 1.38 bits per heavy atom. The molecule has 7 heteroatoms. The lowest BCUT2D eigenvalue weighted by Gasteiger charge is -2.11. The number of aryl methyl sites for hydroxylation is 1. The molecule has 2 rings (SSSR count). The highest BCUT2D eigenvalue weighted by atomic mass is 79.9. The van der Waals surface area contributed by atoms with Gasteiger partial charge in [-0.15, -0.1) is 0 Å². The molecule has 3 nitrogen and oxygen atoms in total. The van der Waals surface area contributed by atoms with E-state index in [4.69, 9.17) is 0 Å². The quantitative estimate of drug-likeness (QED) is 0.769. The summed E-state index contributed by atoms with van der Waals surface area (Å²) in [7, 11) is 0. The van der Waals surface area contributed by atoms with Gasteiger partial charge in [0.05, 0.1) is 12.0 Å². The standard InChI is InChI=1S/C14H12BrF3N2O/c1-2-20-6-5-19-13(20)8-12(21)9-3-4-11(15)10(7-9)14(16,17)18/h3-7H,2,8H2,1H3. The van der Waals surface area contributed by atoms with Gasteiger partial charge in [0.15, 0.2) is 5.78 Å². The van der Waals surface area contributed by atoms with Crippen molar-refractivity contribution in [2.75, 3.05) is 0 Å². The third-order valence-electron chi connectivity index (χ3n) is 3.05. The van der Waals surface area contributed by atoms with Crippen LogP contribution in [0.5, 0.6) is 0 Å². The molecule has 0 N–H and O–H groups in total. The number of nitrogens with zero attached hydrogens (tertiary/aromatic N) is 2. The second-order valence-electron chi connectivity index (χ2n) is 4.42. The summed E-state index contributed by atoms with van der Waals surface area (Å²) in [5.74, 6) is 0.146. The van der Waals surface area contributed by atoms with Gasteiger partial charge in [-0.05, 0) is 19.1 Å². The minimum absolute atomic E-state index is 0.0242. The van der Waals surface area contributed by atoms with E-state index >= 15 is 0 Å². The van der Waals surface area contributed by atoms with Crippen molar-refractivity contribution in [2.24, 2.45) is 0 Å². The van der Waals surface area contributed by atoms with Crippen LogP contribution in [-0.2, 0) is 19.1 Å². The molecular weight excluding hydrogens is 349 g/mol. The highest BCUT2D eigenvalue weighted by Gasteiger charge is 2.33. The monoisotopic (exact) mass is 360 g/mol. The van der Waals surface area contributed by atoms with Crippen molar-refractivity contribution in [2.45, 2.75) is 26.1 Å². The summed E-state index contributed by atoms with van der Waals surface area (Å²) in [6.07, 6.45) is -1.24. The first-order valence-corrected chi connectivity index (χ1v) is 7.02. The minimum atomic E-state index is -4.50. The molecule has 0 saturated carbocycles. The van der Waals surface area contributed by atoms with Crippen molar-refractivity contribution >= 4 is 21.7 Å². The summed E-state index contributed by atoms with van der Waals surface area (Å²) in [6, 6.07) is 3.48. The van der Waals surface area contributed by atoms with E-state index in [0.717, 1.165) is 6.07 Å². The van der Waals surface area contributed by atoms with Gasteiger partial charge in [-0.3, -0.25) is 4.79 Å². The fourth-order valence-corrected chi connectivity index (χ4v) is 2.43. The molecule has 0 aliphatic rings. The Labute approximate surface area is 127 Å². The molecule has 0 aliphatic carbocycles. The van der Waals surface area contributed by atoms with Crippen LogP contribution >= 0.6 is 15.9 Å². The van der Waals surface area contributed by atoms with Gasteiger partial charge in [0, 0.05) is 29.0 Å². The van der Waals surface area contributed by atoms with Crippen LogP contribution in [0.2, 0.25) is 0 Å². The maximum absolute atomic E-state index is 12.8. The zero-order valence-electron chi connectivity index (χ0n) is 11.1. The molecule has 2 aromatic rings. The molecular formula is C14H12BrF3N2O. The zero-order valence-corrected chi connectivity index (χ0v) is 12.7. The number of hydrogen-bond donors (Lipinski definition) is 0. The molecule has 0 fully saturated rings. The number of rotatable bonds is 4. The highest BCUT2D eigenvalue weighted by Crippen LogP contribution is 2.35. The lowest BCUT2D eigenvalue weighted by Crippen LogP contribution is -2.12. The summed E-state index contributed by atoms with van der Waals surface area (Å²) in [4.78, 5) is 16.2. The number of imidazole rings is 1. The van der Waals surface area contributed by atoms with E-state index in [1.807, 2.05) is 6.92 Å². The van der Waals surface area contributed by atoms with E-state index in [-0.39, 0.29) is 16.5 Å². The van der Waals surface area contributed by atoms with E-state index in [1.54, 1.807) is 17.0 Å². The first-order chi connectivity index (χ1) is 9.82. The number of hydrogen-bond acceptors (Lipinski definition) is 2. The van der Waals surface area contributed by atoms with Crippen LogP contribution in [0.25, 0.3) is 0 Å². The largest absolute Gasteiger partial charge is 0.417 e. The van der Waals surface area contributed by atoms with Crippen LogP contribution < -0.4 is 0 Å². The third kappa shape index (κ3) is 3.53. The average Bonchev–Trinajstić information content (AvgIpc) is 2.85. The Balaban J connectivity index is 2.28. The number of carbonyl (C=O) groups excluding carboxylic acids is 1. The first-order valence-electron chi connectivity index (χ1n) is 6.23. The van der Waals surface area contributed by atoms with Crippen molar-refractivity contribution in [3.63, 3.8) is 0 Å². The van der Waals surface area contributed by atoms with Gasteiger partial charge >= 0.3 is 6.18 Å². The summed E-state index contributed by atoms with van der Waals surface area (Å²) in [6.45, 7) is 2.55. The molecule has 0 amide bonds. The number of Topliss-reactive ketones (excluding diaryl/α,β-unsaturated/α-hetero) is 1. The lowest BCUT2D eigenvalue weighted by molar-refractivity contribution is -0.138. The molecule has 0 saturated heterocycles. The Morgan fingerprint density at radius 2 is 2.10 bits per heavy atom. The fraction of sp³-hybridized carbons (Fsp3) is 0.286. The fourth-order valence-electron chi connectivity index (χ4n) is 1.96. The highest BCUT2D eigenvalue weighted by molar-refractivity contribution is 9.10. The number of aromatic nitrogens is 2. The zero-order chi connectivity index (χ0) is 15.6. The molecule has 0 unspecified atom stereocenters. The predicted octanol–water partition coefficient (Wildman–Crippen LogP) is 4.11. The van der Waals surface area contributed by atoms with Gasteiger partial charge < -0.3 is 4.57 Å². The van der Waals surface area contributed by atoms with Gasteiger partial charge in [0.1, 0.15) is 5.82 Å². The van der Waals surface area contributed by atoms with Crippen LogP contribution in [0.1, 0.15) is 28.7 Å². The molecule has 1 heterocycles. The van der Waals surface area contributed by atoms with Crippen LogP contribution in [0, 0.1) is 0 Å². The van der Waals surface area contributed by atoms with Crippen LogP contribution in [0.15, 0.2) is 35.1 Å². The van der Waals surface area contributed by atoms with Crippen molar-refractivity contribution in [3.05, 3.63) is 52.0 Å². The van der Waals surface area contributed by atoms with Gasteiger partial charge in [0.2, 0.25) is 0 Å². The average molecular weight is 361 g/mol. The van der Waals surface area contributed by atoms with Crippen molar-refractivity contribution < 1.29 is 18.0 Å². The van der Waals surface area contributed by atoms with Crippen LogP contribution in [0.3, 0.4) is 0 Å². The number of alkyl halides is 3. The van der Waals surface area contributed by atoms with Crippen LogP contribution in [0.4, 0.5) is 13.2 Å². The maximum atomic E-state index is 12.8. The Bertz CT molecular complexity index is 664. The summed E-state index contributed by atoms with van der Waals surface area (Å²) < 4.78 is 40.2. The Kier molecular flexibility index (Phi) is 4.51. The first kappa shape index (κ1) is 15.8. The number of ketones is 1. The molecule has 1 aromatic heterocycles. The van der Waals surface area contributed by atoms with Crippen molar-refractivity contribution in [1.29, 1.82) is 0 Å². The van der Waals surface area contributed by atoms with Gasteiger partial charge in [-0.2, -0.15) is 13.2 Å². The summed E-state index contributed by atoms with van der Waals surface area (Å²) >= 11 is 2.85. The second kappa shape index (κ2) is 6.01. The van der Waals surface area contributed by atoms with E-state index < -0.39 is 17.5 Å². The topological polar surface area (TPSA) is 34.9 Å². The lowest BCUT2D eigenvalue weighted by atomic mass is 10.0. The van der Waals surface area contributed by atoms with Crippen molar-refractivity contribution in [3.8, 4) is 0 Å². The number of halogens is 4. The third-order valence-corrected chi connectivity index (χ3v) is 3.75. The van der Waals surface area contributed by atoms with Crippen LogP contribution in [-0.4, -0.2) is 15.3 Å². The summed E-state index contributed by atoms with van der Waals surface area (Å²) in [5.41, 5.74) is -0.830. The molecule has 112 valence electrons. The number of carbonyl (C=O) groups is 1. The molecule has 0 aliphatic heterocycles. The van der Waals surface area contributed by atoms with Gasteiger partial charge in [-0.25, -0.2) is 4.98 Å². The summed E-state index contributed by atoms with van der Waals surface area (Å²) in [5, 5.41) is 0. The second-order valence-corrected chi connectivity index (χ2v) is 5.28. The SMILES string of the molecule is CCn1ccnc1CC(=O)c1ccc(Br)c(C(F)(F)F)c1. The molecule has 21 heavy (non-hydrogen) atoms. The normalized spacial score (nSPS) is 11.7. The van der Waals surface area contributed by atoms with E-state index in [9.17, 15) is 18.0 Å². The predicted molar refractivity (Wildman–Crippen MR) is 75.1 cm³/mol. The van der Waals surface area contributed by atoms with E-state index in [0.29, 0.717) is 12.4 Å². The van der Waals surface area contributed by atoms with E-state index in [2.05, 4.69) is 20.9 Å². The van der Waals surface area contributed by atoms with E-state index in [1.165, 1.54) is 12.1 Å². The number of benzene rings is 1. The molecule has 0 spiro atoms. The van der Waals surface area contributed by atoms with Gasteiger partial charge in [-0.1, -0.05) is 22.0 Å². The molecule has 0 bridgehead atoms. The van der Waals surface area contributed by atoms with Crippen molar-refractivity contribution in [1.82, 2.24) is 9.55 Å². The maximum Gasteiger partial charge on any atom is 0.417 e. The molecule has 1 aromatic carbocycles. The Morgan fingerprint density at radius 3 is 2.71 bits per heavy atom. The Hall–Kier alpha value is -1.63.